The fourth-order valence-corrected chi connectivity index (χ4v) is 1.15. The van der Waals surface area contributed by atoms with Crippen molar-refractivity contribution in [3.63, 3.8) is 0 Å². The maximum Gasteiger partial charge on any atom is -0.0467 e. The second kappa shape index (κ2) is 7.11. The Kier molecular flexibility index (Phi) is 7.11. The predicted octanol–water partition coefficient (Wildman–Crippen LogP) is 3.82. The normalized spacial score (nSPS) is 13.5. The summed E-state index contributed by atoms with van der Waals surface area (Å²) in [6.45, 7) is 6.77. The highest BCUT2D eigenvalue weighted by atomic mass is 14.0. The summed E-state index contributed by atoms with van der Waals surface area (Å²) in [5.41, 5.74) is 0. The Morgan fingerprint density at radius 1 is 1.30 bits per heavy atom. The van der Waals surface area contributed by atoms with Crippen molar-refractivity contribution in [1.29, 1.82) is 0 Å². The monoisotopic (exact) mass is 141 g/mol. The summed E-state index contributed by atoms with van der Waals surface area (Å²) in [5.74, 6) is 0.941. The highest BCUT2D eigenvalue weighted by Gasteiger charge is 1.96. The maximum atomic E-state index is 2.36. The van der Waals surface area contributed by atoms with Crippen LogP contribution in [-0.2, 0) is 0 Å². The molecule has 0 nitrogen and oxygen atoms in total. The maximum absolute atomic E-state index is 2.36. The van der Waals surface area contributed by atoms with Crippen LogP contribution in [0.15, 0.2) is 0 Å². The quantitative estimate of drug-likeness (QED) is 0.493. The first-order chi connectivity index (χ1) is 4.81. The van der Waals surface area contributed by atoms with Crippen LogP contribution in [0.25, 0.3) is 0 Å². The summed E-state index contributed by atoms with van der Waals surface area (Å²) in [5, 5.41) is 0. The van der Waals surface area contributed by atoms with Gasteiger partial charge in [-0.3, -0.25) is 0 Å². The third kappa shape index (κ3) is 6.12. The lowest BCUT2D eigenvalue weighted by molar-refractivity contribution is 0.470. The molecule has 0 amide bonds. The molecule has 0 bridgehead atoms. The molecular formula is C10H21-. The summed E-state index contributed by atoms with van der Waals surface area (Å²) in [6.07, 6.45) is 9.12. The van der Waals surface area contributed by atoms with E-state index in [2.05, 4.69) is 27.2 Å². The van der Waals surface area contributed by atoms with Gasteiger partial charge in [0.05, 0.1) is 0 Å². The highest BCUT2D eigenvalue weighted by Crippen LogP contribution is 2.13. The number of unbranched alkanes of at least 4 members (excludes halogenated alkanes) is 2. The lowest BCUT2D eigenvalue weighted by Crippen LogP contribution is -1.93. The Bertz CT molecular complexity index is 49.1. The van der Waals surface area contributed by atoms with Gasteiger partial charge in [-0.2, -0.15) is 13.3 Å². The Balaban J connectivity index is 3.00. The molecule has 0 rings (SSSR count). The van der Waals surface area contributed by atoms with Gasteiger partial charge < -0.3 is 6.42 Å². The molecule has 0 aliphatic rings. The smallest absolute Gasteiger partial charge is 0.0467 e. The van der Waals surface area contributed by atoms with Crippen molar-refractivity contribution < 1.29 is 0 Å². The summed E-state index contributed by atoms with van der Waals surface area (Å²) in [7, 11) is 0. The van der Waals surface area contributed by atoms with Gasteiger partial charge >= 0.3 is 0 Å². The Morgan fingerprint density at radius 2 is 2.00 bits per heavy atom. The van der Waals surface area contributed by atoms with E-state index in [0.29, 0.717) is 0 Å². The molecule has 0 heterocycles. The van der Waals surface area contributed by atoms with Crippen molar-refractivity contribution in [3.8, 4) is 0 Å². The minimum Gasteiger partial charge on any atom is -0.332 e. The third-order valence-corrected chi connectivity index (χ3v) is 2.00. The van der Waals surface area contributed by atoms with E-state index in [4.69, 9.17) is 0 Å². The van der Waals surface area contributed by atoms with Crippen molar-refractivity contribution >= 4 is 0 Å². The molecule has 0 aliphatic heterocycles. The van der Waals surface area contributed by atoms with Gasteiger partial charge in [0.2, 0.25) is 0 Å². The van der Waals surface area contributed by atoms with Crippen LogP contribution in [0.4, 0.5) is 0 Å². The van der Waals surface area contributed by atoms with Gasteiger partial charge in [0.25, 0.3) is 0 Å². The van der Waals surface area contributed by atoms with Crippen LogP contribution in [0.2, 0.25) is 0 Å². The number of hydrogen-bond acceptors (Lipinski definition) is 0. The van der Waals surface area contributed by atoms with Crippen LogP contribution in [0, 0.1) is 12.3 Å². The van der Waals surface area contributed by atoms with Crippen LogP contribution >= 0.6 is 0 Å². The van der Waals surface area contributed by atoms with E-state index in [1.807, 2.05) is 0 Å². The molecule has 0 saturated carbocycles. The van der Waals surface area contributed by atoms with Crippen LogP contribution < -0.4 is 0 Å². The lowest BCUT2D eigenvalue weighted by atomic mass is 9.98. The first kappa shape index (κ1) is 10.0. The third-order valence-electron chi connectivity index (χ3n) is 2.00. The van der Waals surface area contributed by atoms with E-state index < -0.39 is 0 Å². The average Bonchev–Trinajstić information content (AvgIpc) is 1.97. The largest absolute Gasteiger partial charge is 0.332 e. The van der Waals surface area contributed by atoms with E-state index in [-0.39, 0.29) is 0 Å². The fraction of sp³-hybridized carbons (Fsp3) is 0.900. The number of rotatable bonds is 6. The molecule has 0 aromatic rings. The van der Waals surface area contributed by atoms with E-state index in [9.17, 15) is 0 Å². The molecule has 0 saturated heterocycles. The molecule has 10 heavy (non-hydrogen) atoms. The predicted molar refractivity (Wildman–Crippen MR) is 47.9 cm³/mol. The Labute approximate surface area is 66.0 Å². The van der Waals surface area contributed by atoms with Crippen molar-refractivity contribution in [2.24, 2.45) is 5.92 Å². The standard InChI is InChI=1S/C10H21/c1-4-6-8-10(3)9-7-5-2/h4,10H,5-9H2,1-3H3/q-1. The van der Waals surface area contributed by atoms with Gasteiger partial charge in [-0.1, -0.05) is 39.5 Å². The first-order valence-electron chi connectivity index (χ1n) is 4.59. The van der Waals surface area contributed by atoms with Crippen LogP contribution in [0.5, 0.6) is 0 Å². The fourth-order valence-electron chi connectivity index (χ4n) is 1.15. The summed E-state index contributed by atoms with van der Waals surface area (Å²) in [6, 6.07) is 0. The van der Waals surface area contributed by atoms with E-state index in [1.165, 1.54) is 32.1 Å². The van der Waals surface area contributed by atoms with Gasteiger partial charge in [-0.25, -0.2) is 0 Å². The topological polar surface area (TPSA) is 0 Å². The van der Waals surface area contributed by atoms with Gasteiger partial charge in [0.1, 0.15) is 0 Å². The molecule has 0 spiro atoms. The molecule has 0 aromatic carbocycles. The second-order valence-corrected chi connectivity index (χ2v) is 3.23. The Morgan fingerprint density at radius 3 is 2.50 bits per heavy atom. The van der Waals surface area contributed by atoms with Crippen molar-refractivity contribution in [2.75, 3.05) is 0 Å². The minimum atomic E-state index is 0.941. The molecule has 1 atom stereocenters. The van der Waals surface area contributed by atoms with Gasteiger partial charge in [0.15, 0.2) is 0 Å². The minimum absolute atomic E-state index is 0.941. The second-order valence-electron chi connectivity index (χ2n) is 3.23. The zero-order valence-electron chi connectivity index (χ0n) is 7.69. The molecule has 0 aromatic heterocycles. The first-order valence-corrected chi connectivity index (χ1v) is 4.59. The highest BCUT2D eigenvalue weighted by molar-refractivity contribution is 4.60. The van der Waals surface area contributed by atoms with Crippen molar-refractivity contribution in [2.45, 2.75) is 52.9 Å². The van der Waals surface area contributed by atoms with Crippen molar-refractivity contribution in [1.82, 2.24) is 0 Å². The molecular weight excluding hydrogens is 120 g/mol. The van der Waals surface area contributed by atoms with Gasteiger partial charge in [-0.15, -0.1) is 0 Å². The van der Waals surface area contributed by atoms with Crippen LogP contribution in [0.1, 0.15) is 52.9 Å². The van der Waals surface area contributed by atoms with Crippen LogP contribution in [0.3, 0.4) is 0 Å². The Hall–Kier alpha value is 0. The van der Waals surface area contributed by atoms with Crippen molar-refractivity contribution in [3.05, 3.63) is 6.42 Å². The lowest BCUT2D eigenvalue weighted by Gasteiger charge is -2.12. The zero-order chi connectivity index (χ0) is 7.82. The SMILES string of the molecule is C[CH-]CCC(C)CCCC. The zero-order valence-corrected chi connectivity index (χ0v) is 7.69. The van der Waals surface area contributed by atoms with E-state index >= 15 is 0 Å². The molecule has 1 unspecified atom stereocenters. The van der Waals surface area contributed by atoms with E-state index in [0.717, 1.165) is 5.92 Å². The summed E-state index contributed by atoms with van der Waals surface area (Å²) >= 11 is 0. The number of hydrogen-bond donors (Lipinski definition) is 0. The molecule has 0 N–H and O–H groups in total. The molecule has 0 radical (unpaired) electrons. The molecule has 0 fully saturated rings. The molecule has 0 heteroatoms. The molecule has 0 aliphatic carbocycles. The van der Waals surface area contributed by atoms with Crippen LogP contribution in [-0.4, -0.2) is 0 Å². The summed E-state index contributed by atoms with van der Waals surface area (Å²) < 4.78 is 0. The van der Waals surface area contributed by atoms with E-state index in [1.54, 1.807) is 0 Å². The average molecular weight is 141 g/mol. The van der Waals surface area contributed by atoms with Gasteiger partial charge in [-0.05, 0) is 5.92 Å². The molecule has 62 valence electrons. The summed E-state index contributed by atoms with van der Waals surface area (Å²) in [4.78, 5) is 0. The van der Waals surface area contributed by atoms with Gasteiger partial charge in [0, 0.05) is 0 Å².